The fourth-order valence-corrected chi connectivity index (χ4v) is 1.53. The van der Waals surface area contributed by atoms with E-state index in [1.165, 1.54) is 6.21 Å². The molecule has 0 saturated carbocycles. The molecule has 1 aromatic carbocycles. The lowest BCUT2D eigenvalue weighted by Crippen LogP contribution is -2.02. The SMILES string of the molecule is CCOC(=O)c1cc2cc(C=NN)ccc2o1. The first-order chi connectivity index (χ1) is 8.24. The Labute approximate surface area is 97.8 Å². The molecule has 0 fully saturated rings. The number of ether oxygens (including phenoxy) is 1. The maximum Gasteiger partial charge on any atom is 0.374 e. The van der Waals surface area contributed by atoms with Crippen LogP contribution in [0.1, 0.15) is 23.0 Å². The summed E-state index contributed by atoms with van der Waals surface area (Å²) in [7, 11) is 0. The zero-order valence-electron chi connectivity index (χ0n) is 9.34. The Bertz CT molecular complexity index is 572. The summed E-state index contributed by atoms with van der Waals surface area (Å²) in [6.07, 6.45) is 1.52. The number of hydrazone groups is 1. The van der Waals surface area contributed by atoms with Gasteiger partial charge in [0, 0.05) is 5.39 Å². The highest BCUT2D eigenvalue weighted by Gasteiger charge is 2.12. The number of carbonyl (C=O) groups is 1. The van der Waals surface area contributed by atoms with E-state index in [4.69, 9.17) is 15.0 Å². The van der Waals surface area contributed by atoms with Crippen molar-refractivity contribution in [3.05, 3.63) is 35.6 Å². The molecule has 0 aliphatic rings. The van der Waals surface area contributed by atoms with Gasteiger partial charge >= 0.3 is 5.97 Å². The van der Waals surface area contributed by atoms with Gasteiger partial charge < -0.3 is 15.0 Å². The van der Waals surface area contributed by atoms with Gasteiger partial charge in [-0.05, 0) is 36.8 Å². The Kier molecular flexibility index (Phi) is 3.09. The van der Waals surface area contributed by atoms with Crippen molar-refractivity contribution in [3.63, 3.8) is 0 Å². The molecule has 5 heteroatoms. The predicted molar refractivity (Wildman–Crippen MR) is 64.0 cm³/mol. The fourth-order valence-electron chi connectivity index (χ4n) is 1.53. The molecule has 0 bridgehead atoms. The second-order valence-corrected chi connectivity index (χ2v) is 3.41. The van der Waals surface area contributed by atoms with Crippen LogP contribution in [0.3, 0.4) is 0 Å². The molecule has 2 aromatic rings. The summed E-state index contributed by atoms with van der Waals surface area (Å²) >= 11 is 0. The van der Waals surface area contributed by atoms with E-state index < -0.39 is 5.97 Å². The average Bonchev–Trinajstić information content (AvgIpc) is 2.73. The fraction of sp³-hybridized carbons (Fsp3) is 0.167. The largest absolute Gasteiger partial charge is 0.460 e. The standard InChI is InChI=1S/C12H12N2O3/c1-2-16-12(15)11-6-9-5-8(7-14-13)3-4-10(9)17-11/h3-7H,2,13H2,1H3. The lowest BCUT2D eigenvalue weighted by atomic mass is 10.2. The van der Waals surface area contributed by atoms with Crippen LogP contribution in [-0.2, 0) is 4.74 Å². The van der Waals surface area contributed by atoms with E-state index in [1.54, 1.807) is 25.1 Å². The highest BCUT2D eigenvalue weighted by Crippen LogP contribution is 2.20. The summed E-state index contributed by atoms with van der Waals surface area (Å²) in [5, 5.41) is 4.25. The van der Waals surface area contributed by atoms with E-state index in [2.05, 4.69) is 5.10 Å². The van der Waals surface area contributed by atoms with Crippen molar-refractivity contribution >= 4 is 23.2 Å². The van der Waals surface area contributed by atoms with Gasteiger partial charge in [-0.15, -0.1) is 0 Å². The van der Waals surface area contributed by atoms with Crippen LogP contribution >= 0.6 is 0 Å². The molecule has 0 amide bonds. The van der Waals surface area contributed by atoms with E-state index in [0.717, 1.165) is 10.9 Å². The summed E-state index contributed by atoms with van der Waals surface area (Å²) in [4.78, 5) is 11.5. The Morgan fingerprint density at radius 1 is 1.53 bits per heavy atom. The minimum absolute atomic E-state index is 0.198. The number of esters is 1. The number of carbonyl (C=O) groups excluding carboxylic acids is 1. The Morgan fingerprint density at radius 2 is 2.35 bits per heavy atom. The number of rotatable bonds is 3. The van der Waals surface area contributed by atoms with Gasteiger partial charge in [0.1, 0.15) is 5.58 Å². The topological polar surface area (TPSA) is 77.8 Å². The molecule has 0 unspecified atom stereocenters. The summed E-state index contributed by atoms with van der Waals surface area (Å²) in [6.45, 7) is 2.07. The van der Waals surface area contributed by atoms with E-state index in [9.17, 15) is 4.79 Å². The van der Waals surface area contributed by atoms with E-state index in [0.29, 0.717) is 12.2 Å². The maximum atomic E-state index is 11.5. The maximum absolute atomic E-state index is 11.5. The molecule has 0 aliphatic carbocycles. The first kappa shape index (κ1) is 11.2. The molecule has 2 rings (SSSR count). The van der Waals surface area contributed by atoms with Crippen molar-refractivity contribution < 1.29 is 13.9 Å². The number of furan rings is 1. The highest BCUT2D eigenvalue weighted by atomic mass is 16.5. The van der Waals surface area contributed by atoms with Gasteiger partial charge in [-0.3, -0.25) is 0 Å². The van der Waals surface area contributed by atoms with E-state index in [-0.39, 0.29) is 5.76 Å². The number of nitrogens with zero attached hydrogens (tertiary/aromatic N) is 1. The van der Waals surface area contributed by atoms with Crippen molar-refractivity contribution in [1.29, 1.82) is 0 Å². The number of fused-ring (bicyclic) bond motifs is 1. The van der Waals surface area contributed by atoms with Gasteiger partial charge in [-0.2, -0.15) is 5.10 Å². The number of nitrogens with two attached hydrogens (primary N) is 1. The minimum atomic E-state index is -0.460. The minimum Gasteiger partial charge on any atom is -0.460 e. The molecule has 0 radical (unpaired) electrons. The monoisotopic (exact) mass is 232 g/mol. The molecule has 0 aliphatic heterocycles. The number of benzene rings is 1. The van der Waals surface area contributed by atoms with E-state index in [1.807, 2.05) is 6.07 Å². The third-order valence-corrected chi connectivity index (χ3v) is 2.24. The zero-order valence-corrected chi connectivity index (χ0v) is 9.34. The second kappa shape index (κ2) is 4.69. The molecule has 0 saturated heterocycles. The highest BCUT2D eigenvalue weighted by molar-refractivity contribution is 5.94. The van der Waals surface area contributed by atoms with Gasteiger partial charge in [-0.1, -0.05) is 0 Å². The zero-order chi connectivity index (χ0) is 12.3. The van der Waals surface area contributed by atoms with Crippen LogP contribution < -0.4 is 5.84 Å². The van der Waals surface area contributed by atoms with Gasteiger partial charge in [-0.25, -0.2) is 4.79 Å². The summed E-state index contributed by atoms with van der Waals surface area (Å²) in [5.41, 5.74) is 1.47. The second-order valence-electron chi connectivity index (χ2n) is 3.41. The quantitative estimate of drug-likeness (QED) is 0.379. The van der Waals surface area contributed by atoms with Crippen molar-refractivity contribution in [2.75, 3.05) is 6.61 Å². The van der Waals surface area contributed by atoms with Crippen molar-refractivity contribution in [2.45, 2.75) is 6.92 Å². The molecule has 88 valence electrons. The number of hydrogen-bond acceptors (Lipinski definition) is 5. The molecular formula is C12H12N2O3. The Morgan fingerprint density at radius 3 is 3.06 bits per heavy atom. The van der Waals surface area contributed by atoms with Gasteiger partial charge in [0.2, 0.25) is 5.76 Å². The van der Waals surface area contributed by atoms with Crippen LogP contribution in [-0.4, -0.2) is 18.8 Å². The Balaban J connectivity index is 2.40. The van der Waals surface area contributed by atoms with Crippen molar-refractivity contribution in [1.82, 2.24) is 0 Å². The first-order valence-corrected chi connectivity index (χ1v) is 5.18. The van der Waals surface area contributed by atoms with Crippen molar-refractivity contribution in [2.24, 2.45) is 10.9 Å². The summed E-state index contributed by atoms with van der Waals surface area (Å²) < 4.78 is 10.2. The Hall–Kier alpha value is -2.30. The molecule has 17 heavy (non-hydrogen) atoms. The van der Waals surface area contributed by atoms with Crippen molar-refractivity contribution in [3.8, 4) is 0 Å². The normalized spacial score (nSPS) is 11.1. The molecule has 5 nitrogen and oxygen atoms in total. The van der Waals surface area contributed by atoms with Gasteiger partial charge in [0.25, 0.3) is 0 Å². The molecule has 0 spiro atoms. The average molecular weight is 232 g/mol. The third kappa shape index (κ3) is 2.28. The van der Waals surface area contributed by atoms with Crippen LogP contribution in [0, 0.1) is 0 Å². The van der Waals surface area contributed by atoms with Crippen LogP contribution in [0.15, 0.2) is 33.8 Å². The summed E-state index contributed by atoms with van der Waals surface area (Å²) in [6, 6.07) is 7.03. The molecule has 1 heterocycles. The van der Waals surface area contributed by atoms with Crippen LogP contribution in [0.25, 0.3) is 11.0 Å². The molecular weight excluding hydrogens is 220 g/mol. The third-order valence-electron chi connectivity index (χ3n) is 2.24. The van der Waals surface area contributed by atoms with Crippen LogP contribution in [0.2, 0.25) is 0 Å². The van der Waals surface area contributed by atoms with Crippen LogP contribution in [0.5, 0.6) is 0 Å². The molecule has 2 N–H and O–H groups in total. The summed E-state index contributed by atoms with van der Waals surface area (Å²) in [5.74, 6) is 4.81. The van der Waals surface area contributed by atoms with Crippen LogP contribution in [0.4, 0.5) is 0 Å². The van der Waals surface area contributed by atoms with Gasteiger partial charge in [0.15, 0.2) is 0 Å². The lowest BCUT2D eigenvalue weighted by Gasteiger charge is -1.95. The van der Waals surface area contributed by atoms with E-state index >= 15 is 0 Å². The lowest BCUT2D eigenvalue weighted by molar-refractivity contribution is 0.0492. The number of hydrogen-bond donors (Lipinski definition) is 1. The smallest absolute Gasteiger partial charge is 0.374 e. The predicted octanol–water partition coefficient (Wildman–Crippen LogP) is 1.90. The molecule has 1 aromatic heterocycles. The first-order valence-electron chi connectivity index (χ1n) is 5.18. The van der Waals surface area contributed by atoms with Gasteiger partial charge in [0.05, 0.1) is 12.8 Å². The molecule has 0 atom stereocenters.